The lowest BCUT2D eigenvalue weighted by Gasteiger charge is -2.36. The second kappa shape index (κ2) is 7.55. The summed E-state index contributed by atoms with van der Waals surface area (Å²) in [6.45, 7) is 12.8. The molecule has 0 saturated carbocycles. The SMILES string of the molecule is CCCNCc1cnc(N2CCN(C(C)C)CC2)nc1. The fraction of sp³-hybridized carbons (Fsp3) is 0.733. The van der Waals surface area contributed by atoms with Gasteiger partial charge in [0.25, 0.3) is 0 Å². The highest BCUT2D eigenvalue weighted by atomic mass is 15.3. The molecule has 0 bridgehead atoms. The van der Waals surface area contributed by atoms with Gasteiger partial charge < -0.3 is 10.2 Å². The minimum Gasteiger partial charge on any atom is -0.338 e. The van der Waals surface area contributed by atoms with Crippen molar-refractivity contribution in [1.29, 1.82) is 0 Å². The lowest BCUT2D eigenvalue weighted by molar-refractivity contribution is 0.208. The van der Waals surface area contributed by atoms with Crippen LogP contribution >= 0.6 is 0 Å². The van der Waals surface area contributed by atoms with E-state index >= 15 is 0 Å². The van der Waals surface area contributed by atoms with Crippen molar-refractivity contribution >= 4 is 5.95 Å². The van der Waals surface area contributed by atoms with Crippen molar-refractivity contribution in [2.24, 2.45) is 0 Å². The van der Waals surface area contributed by atoms with Crippen LogP contribution in [0.5, 0.6) is 0 Å². The summed E-state index contributed by atoms with van der Waals surface area (Å²) in [5.74, 6) is 0.868. The molecule has 1 N–H and O–H groups in total. The van der Waals surface area contributed by atoms with Gasteiger partial charge in [-0.3, -0.25) is 4.90 Å². The zero-order valence-electron chi connectivity index (χ0n) is 13.0. The number of hydrogen-bond acceptors (Lipinski definition) is 5. The van der Waals surface area contributed by atoms with Crippen LogP contribution in [0.2, 0.25) is 0 Å². The van der Waals surface area contributed by atoms with Crippen molar-refractivity contribution in [1.82, 2.24) is 20.2 Å². The minimum atomic E-state index is 0.630. The summed E-state index contributed by atoms with van der Waals surface area (Å²) in [6, 6.07) is 0.630. The average molecular weight is 277 g/mol. The van der Waals surface area contributed by atoms with Crippen LogP contribution in [0.1, 0.15) is 32.8 Å². The van der Waals surface area contributed by atoms with Gasteiger partial charge in [0.1, 0.15) is 0 Å². The topological polar surface area (TPSA) is 44.3 Å². The standard InChI is InChI=1S/C15H27N5/c1-4-5-16-10-14-11-17-15(18-12-14)20-8-6-19(7-9-20)13(2)3/h11-13,16H,4-10H2,1-3H3. The fourth-order valence-electron chi connectivity index (χ4n) is 2.45. The van der Waals surface area contributed by atoms with Crippen LogP contribution in [0.3, 0.4) is 0 Å². The lowest BCUT2D eigenvalue weighted by Crippen LogP contribution is -2.49. The van der Waals surface area contributed by atoms with E-state index < -0.39 is 0 Å². The van der Waals surface area contributed by atoms with E-state index in [4.69, 9.17) is 0 Å². The van der Waals surface area contributed by atoms with Gasteiger partial charge in [0.05, 0.1) is 0 Å². The van der Waals surface area contributed by atoms with Crippen LogP contribution in [-0.2, 0) is 6.54 Å². The number of nitrogens with zero attached hydrogens (tertiary/aromatic N) is 4. The molecule has 0 unspecified atom stereocenters. The zero-order chi connectivity index (χ0) is 14.4. The van der Waals surface area contributed by atoms with Crippen molar-refractivity contribution in [3.8, 4) is 0 Å². The van der Waals surface area contributed by atoms with E-state index in [1.165, 1.54) is 0 Å². The molecule has 112 valence electrons. The molecule has 1 fully saturated rings. The van der Waals surface area contributed by atoms with E-state index in [-0.39, 0.29) is 0 Å². The summed E-state index contributed by atoms with van der Waals surface area (Å²) in [4.78, 5) is 13.8. The molecule has 0 aromatic carbocycles. The molecule has 0 radical (unpaired) electrons. The van der Waals surface area contributed by atoms with Gasteiger partial charge in [0.15, 0.2) is 0 Å². The number of nitrogens with one attached hydrogen (secondary N) is 1. The first-order chi connectivity index (χ1) is 9.70. The van der Waals surface area contributed by atoms with Crippen LogP contribution in [-0.4, -0.2) is 53.6 Å². The van der Waals surface area contributed by atoms with Crippen LogP contribution < -0.4 is 10.2 Å². The largest absolute Gasteiger partial charge is 0.338 e. The predicted molar refractivity (Wildman–Crippen MR) is 83.0 cm³/mol. The van der Waals surface area contributed by atoms with Crippen molar-refractivity contribution in [2.45, 2.75) is 39.8 Å². The summed E-state index contributed by atoms with van der Waals surface area (Å²) in [5.41, 5.74) is 1.16. The lowest BCUT2D eigenvalue weighted by atomic mass is 10.2. The Morgan fingerprint density at radius 3 is 2.35 bits per heavy atom. The maximum atomic E-state index is 4.51. The number of anilines is 1. The third-order valence-electron chi connectivity index (χ3n) is 3.77. The molecule has 0 amide bonds. The van der Waals surface area contributed by atoms with Gasteiger partial charge in [0.2, 0.25) is 5.95 Å². The molecule has 1 aliphatic rings. The van der Waals surface area contributed by atoms with Crippen LogP contribution in [0, 0.1) is 0 Å². The molecule has 0 spiro atoms. The molecular weight excluding hydrogens is 250 g/mol. The second-order valence-corrected chi connectivity index (χ2v) is 5.68. The highest BCUT2D eigenvalue weighted by Crippen LogP contribution is 2.12. The normalized spacial score (nSPS) is 16.9. The Labute approximate surface area is 122 Å². The van der Waals surface area contributed by atoms with Crippen LogP contribution in [0.15, 0.2) is 12.4 Å². The van der Waals surface area contributed by atoms with Gasteiger partial charge in [0, 0.05) is 56.7 Å². The van der Waals surface area contributed by atoms with Crippen LogP contribution in [0.25, 0.3) is 0 Å². The van der Waals surface area contributed by atoms with Crippen molar-refractivity contribution < 1.29 is 0 Å². The fourth-order valence-corrected chi connectivity index (χ4v) is 2.45. The number of rotatable bonds is 6. The first-order valence-corrected chi connectivity index (χ1v) is 7.71. The van der Waals surface area contributed by atoms with Gasteiger partial charge in [-0.05, 0) is 26.8 Å². The Hall–Kier alpha value is -1.20. The molecule has 2 heterocycles. The molecule has 5 nitrogen and oxygen atoms in total. The number of hydrogen-bond donors (Lipinski definition) is 1. The molecule has 2 rings (SSSR count). The Morgan fingerprint density at radius 1 is 1.15 bits per heavy atom. The van der Waals surface area contributed by atoms with E-state index in [2.05, 4.69) is 45.9 Å². The Bertz CT molecular complexity index is 382. The second-order valence-electron chi connectivity index (χ2n) is 5.68. The molecule has 0 atom stereocenters. The molecule has 5 heteroatoms. The quantitative estimate of drug-likeness (QED) is 0.799. The molecular formula is C15H27N5. The average Bonchev–Trinajstić information content (AvgIpc) is 2.48. The van der Waals surface area contributed by atoms with Gasteiger partial charge in [-0.2, -0.15) is 0 Å². The maximum absolute atomic E-state index is 4.51. The highest BCUT2D eigenvalue weighted by molar-refractivity contribution is 5.30. The smallest absolute Gasteiger partial charge is 0.225 e. The van der Waals surface area contributed by atoms with Crippen molar-refractivity contribution in [3.05, 3.63) is 18.0 Å². The summed E-state index contributed by atoms with van der Waals surface area (Å²) >= 11 is 0. The molecule has 0 aliphatic carbocycles. The number of piperazine rings is 1. The van der Waals surface area contributed by atoms with E-state index in [0.29, 0.717) is 6.04 Å². The summed E-state index contributed by atoms with van der Waals surface area (Å²) in [6.07, 6.45) is 5.04. The Balaban J connectivity index is 1.84. The van der Waals surface area contributed by atoms with Gasteiger partial charge >= 0.3 is 0 Å². The van der Waals surface area contributed by atoms with Gasteiger partial charge in [-0.15, -0.1) is 0 Å². The van der Waals surface area contributed by atoms with Crippen molar-refractivity contribution in [3.63, 3.8) is 0 Å². The third kappa shape index (κ3) is 4.15. The number of aromatic nitrogens is 2. The van der Waals surface area contributed by atoms with Gasteiger partial charge in [-0.25, -0.2) is 9.97 Å². The monoisotopic (exact) mass is 277 g/mol. The Morgan fingerprint density at radius 2 is 1.80 bits per heavy atom. The molecule has 1 aromatic heterocycles. The zero-order valence-corrected chi connectivity index (χ0v) is 13.0. The maximum Gasteiger partial charge on any atom is 0.225 e. The highest BCUT2D eigenvalue weighted by Gasteiger charge is 2.20. The molecule has 20 heavy (non-hydrogen) atoms. The van der Waals surface area contributed by atoms with Gasteiger partial charge in [-0.1, -0.05) is 6.92 Å². The molecule has 1 aromatic rings. The molecule has 1 aliphatic heterocycles. The first kappa shape index (κ1) is 15.2. The third-order valence-corrected chi connectivity index (χ3v) is 3.77. The van der Waals surface area contributed by atoms with E-state index in [1.807, 2.05) is 12.4 Å². The molecule has 1 saturated heterocycles. The summed E-state index contributed by atoms with van der Waals surface area (Å²) in [5, 5.41) is 3.37. The minimum absolute atomic E-state index is 0.630. The van der Waals surface area contributed by atoms with Crippen molar-refractivity contribution in [2.75, 3.05) is 37.6 Å². The van der Waals surface area contributed by atoms with E-state index in [9.17, 15) is 0 Å². The predicted octanol–water partition coefficient (Wildman–Crippen LogP) is 1.51. The first-order valence-electron chi connectivity index (χ1n) is 7.71. The van der Waals surface area contributed by atoms with E-state index in [1.54, 1.807) is 0 Å². The summed E-state index contributed by atoms with van der Waals surface area (Å²) in [7, 11) is 0. The van der Waals surface area contributed by atoms with E-state index in [0.717, 1.165) is 57.2 Å². The summed E-state index contributed by atoms with van der Waals surface area (Å²) < 4.78 is 0. The van der Waals surface area contributed by atoms with Crippen LogP contribution in [0.4, 0.5) is 5.95 Å². The Kier molecular flexibility index (Phi) is 5.73.